The van der Waals surface area contributed by atoms with E-state index in [1.165, 1.54) is 0 Å². The van der Waals surface area contributed by atoms with Gasteiger partial charge in [-0.2, -0.15) is 0 Å². The lowest BCUT2D eigenvalue weighted by Gasteiger charge is -2.31. The van der Waals surface area contributed by atoms with Gasteiger partial charge in [-0.25, -0.2) is 8.42 Å². The molecule has 0 saturated heterocycles. The van der Waals surface area contributed by atoms with Crippen LogP contribution in [0.1, 0.15) is 38.2 Å². The van der Waals surface area contributed by atoms with Crippen molar-refractivity contribution < 1.29 is 8.42 Å². The van der Waals surface area contributed by atoms with Crippen molar-refractivity contribution in [3.8, 4) is 0 Å². The van der Waals surface area contributed by atoms with Crippen LogP contribution in [0.15, 0.2) is 29.2 Å². The molecule has 0 aliphatic heterocycles. The second-order valence-electron chi connectivity index (χ2n) is 5.35. The molecule has 0 bridgehead atoms. The summed E-state index contributed by atoms with van der Waals surface area (Å²) in [6.07, 6.45) is 3.87. The first-order valence-electron chi connectivity index (χ1n) is 7.09. The van der Waals surface area contributed by atoms with Gasteiger partial charge in [-0.05, 0) is 44.0 Å². The van der Waals surface area contributed by atoms with E-state index < -0.39 is 9.84 Å². The van der Waals surface area contributed by atoms with E-state index in [2.05, 4.69) is 5.32 Å². The fraction of sp³-hybridized carbons (Fsp3) is 0.600. The highest BCUT2D eigenvalue weighted by molar-refractivity contribution is 7.92. The number of benzene rings is 1. The molecule has 2 rings (SSSR count). The fourth-order valence-electron chi connectivity index (χ4n) is 2.93. The maximum Gasteiger partial charge on any atom is 0.182 e. The quantitative estimate of drug-likeness (QED) is 0.923. The topological polar surface area (TPSA) is 46.2 Å². The Labute approximate surface area is 116 Å². The highest BCUT2D eigenvalue weighted by Gasteiger charge is 2.35. The van der Waals surface area contributed by atoms with Crippen molar-refractivity contribution in [1.29, 1.82) is 0 Å². The van der Waals surface area contributed by atoms with Crippen molar-refractivity contribution in [2.75, 3.05) is 6.54 Å². The van der Waals surface area contributed by atoms with Crippen LogP contribution in [-0.2, 0) is 9.84 Å². The Kier molecular flexibility index (Phi) is 4.63. The standard InChI is InChI=1S/C15H23NO2S/c1-3-16-14-9-4-5-10-15(14)19(17,18)13-8-6-7-12(2)11-13/h6-8,11,14-16H,3-5,9-10H2,1-2H3. The van der Waals surface area contributed by atoms with Gasteiger partial charge in [-0.1, -0.05) is 31.9 Å². The van der Waals surface area contributed by atoms with Crippen LogP contribution in [0.3, 0.4) is 0 Å². The van der Waals surface area contributed by atoms with Gasteiger partial charge >= 0.3 is 0 Å². The Morgan fingerprint density at radius 1 is 1.26 bits per heavy atom. The predicted octanol–water partition coefficient (Wildman–Crippen LogP) is 2.69. The van der Waals surface area contributed by atoms with Crippen LogP contribution in [0.5, 0.6) is 0 Å². The first-order valence-corrected chi connectivity index (χ1v) is 8.64. The number of hydrogen-bond donors (Lipinski definition) is 1. The lowest BCUT2D eigenvalue weighted by atomic mass is 9.95. The van der Waals surface area contributed by atoms with Crippen molar-refractivity contribution in [1.82, 2.24) is 5.32 Å². The van der Waals surface area contributed by atoms with E-state index in [1.807, 2.05) is 26.0 Å². The zero-order chi connectivity index (χ0) is 13.9. The van der Waals surface area contributed by atoms with Crippen molar-refractivity contribution in [3.63, 3.8) is 0 Å². The molecule has 1 aliphatic carbocycles. The van der Waals surface area contributed by atoms with Gasteiger partial charge in [-0.3, -0.25) is 0 Å². The summed E-state index contributed by atoms with van der Waals surface area (Å²) in [4.78, 5) is 0.474. The van der Waals surface area contributed by atoms with Gasteiger partial charge < -0.3 is 5.32 Å². The summed E-state index contributed by atoms with van der Waals surface area (Å²) in [5, 5.41) is 3.07. The molecule has 1 aliphatic rings. The molecule has 2 atom stereocenters. The summed E-state index contributed by atoms with van der Waals surface area (Å²) in [5.41, 5.74) is 0.997. The molecule has 0 radical (unpaired) electrons. The molecule has 0 aromatic heterocycles. The SMILES string of the molecule is CCNC1CCCCC1S(=O)(=O)c1cccc(C)c1. The second-order valence-corrected chi connectivity index (χ2v) is 7.52. The normalized spacial score (nSPS) is 24.3. The molecule has 1 fully saturated rings. The van der Waals surface area contributed by atoms with Crippen LogP contribution < -0.4 is 5.32 Å². The largest absolute Gasteiger partial charge is 0.313 e. The lowest BCUT2D eigenvalue weighted by Crippen LogP contribution is -2.46. The summed E-state index contributed by atoms with van der Waals surface area (Å²) in [6.45, 7) is 4.79. The van der Waals surface area contributed by atoms with Crippen LogP contribution in [-0.4, -0.2) is 26.3 Å². The minimum Gasteiger partial charge on any atom is -0.313 e. The molecule has 4 heteroatoms. The highest BCUT2D eigenvalue weighted by Crippen LogP contribution is 2.29. The summed E-state index contributed by atoms with van der Waals surface area (Å²) >= 11 is 0. The summed E-state index contributed by atoms with van der Waals surface area (Å²) < 4.78 is 25.6. The first-order chi connectivity index (χ1) is 9.05. The Morgan fingerprint density at radius 2 is 2.00 bits per heavy atom. The summed E-state index contributed by atoms with van der Waals surface area (Å²) in [6, 6.07) is 7.37. The van der Waals surface area contributed by atoms with Gasteiger partial charge in [0, 0.05) is 6.04 Å². The molecule has 3 nitrogen and oxygen atoms in total. The van der Waals surface area contributed by atoms with E-state index in [-0.39, 0.29) is 11.3 Å². The summed E-state index contributed by atoms with van der Waals surface area (Å²) in [7, 11) is -3.22. The van der Waals surface area contributed by atoms with Crippen molar-refractivity contribution >= 4 is 9.84 Å². The lowest BCUT2D eigenvalue weighted by molar-refractivity contribution is 0.377. The minimum absolute atomic E-state index is 0.101. The van der Waals surface area contributed by atoms with E-state index in [0.717, 1.165) is 37.8 Å². The smallest absolute Gasteiger partial charge is 0.182 e. The Hall–Kier alpha value is -0.870. The number of aryl methyl sites for hydroxylation is 1. The van der Waals surface area contributed by atoms with Crippen LogP contribution >= 0.6 is 0 Å². The molecule has 0 amide bonds. The van der Waals surface area contributed by atoms with Gasteiger partial charge in [0.15, 0.2) is 9.84 Å². The highest BCUT2D eigenvalue weighted by atomic mass is 32.2. The molecule has 0 heterocycles. The number of rotatable bonds is 4. The average Bonchev–Trinajstić information content (AvgIpc) is 2.39. The van der Waals surface area contributed by atoms with Crippen LogP contribution in [0, 0.1) is 6.92 Å². The maximum absolute atomic E-state index is 12.8. The van der Waals surface area contributed by atoms with Gasteiger partial charge in [0.1, 0.15) is 0 Å². The Morgan fingerprint density at radius 3 is 2.68 bits per heavy atom. The monoisotopic (exact) mass is 281 g/mol. The second kappa shape index (κ2) is 6.06. The molecular weight excluding hydrogens is 258 g/mol. The molecule has 2 unspecified atom stereocenters. The third-order valence-electron chi connectivity index (χ3n) is 3.89. The van der Waals surface area contributed by atoms with E-state index in [0.29, 0.717) is 4.90 Å². The van der Waals surface area contributed by atoms with E-state index in [9.17, 15) is 8.42 Å². The molecule has 0 spiro atoms. The molecule has 1 aromatic rings. The Balaban J connectivity index is 2.31. The molecular formula is C15H23NO2S. The third-order valence-corrected chi connectivity index (χ3v) is 6.16. The van der Waals surface area contributed by atoms with Crippen LogP contribution in [0.25, 0.3) is 0 Å². The number of nitrogens with one attached hydrogen (secondary N) is 1. The van der Waals surface area contributed by atoms with E-state index >= 15 is 0 Å². The molecule has 1 saturated carbocycles. The average molecular weight is 281 g/mol. The zero-order valence-electron chi connectivity index (χ0n) is 11.7. The predicted molar refractivity (Wildman–Crippen MR) is 78.1 cm³/mol. The summed E-state index contributed by atoms with van der Waals surface area (Å²) in [5.74, 6) is 0. The van der Waals surface area contributed by atoms with Crippen molar-refractivity contribution in [2.24, 2.45) is 0 Å². The number of sulfone groups is 1. The Bertz CT molecular complexity index is 523. The van der Waals surface area contributed by atoms with Gasteiger partial charge in [0.05, 0.1) is 10.1 Å². The minimum atomic E-state index is -3.22. The van der Waals surface area contributed by atoms with Crippen molar-refractivity contribution in [2.45, 2.75) is 55.7 Å². The van der Waals surface area contributed by atoms with Gasteiger partial charge in [-0.15, -0.1) is 0 Å². The molecule has 1 N–H and O–H groups in total. The number of hydrogen-bond acceptors (Lipinski definition) is 3. The van der Waals surface area contributed by atoms with Gasteiger partial charge in [0.2, 0.25) is 0 Å². The molecule has 106 valence electrons. The first kappa shape index (κ1) is 14.5. The van der Waals surface area contributed by atoms with Crippen LogP contribution in [0.4, 0.5) is 0 Å². The fourth-order valence-corrected chi connectivity index (χ4v) is 5.04. The van der Waals surface area contributed by atoms with Crippen LogP contribution in [0.2, 0.25) is 0 Å². The molecule has 19 heavy (non-hydrogen) atoms. The van der Waals surface area contributed by atoms with Crippen molar-refractivity contribution in [3.05, 3.63) is 29.8 Å². The van der Waals surface area contributed by atoms with Gasteiger partial charge in [0.25, 0.3) is 0 Å². The van der Waals surface area contributed by atoms with E-state index in [4.69, 9.17) is 0 Å². The maximum atomic E-state index is 12.8. The zero-order valence-corrected chi connectivity index (χ0v) is 12.5. The third kappa shape index (κ3) is 3.18. The molecule has 1 aromatic carbocycles. The van der Waals surface area contributed by atoms with E-state index in [1.54, 1.807) is 12.1 Å².